The van der Waals surface area contributed by atoms with Gasteiger partial charge in [0.15, 0.2) is 0 Å². The number of hydrogen-bond acceptors (Lipinski definition) is 2. The zero-order chi connectivity index (χ0) is 20.6. The van der Waals surface area contributed by atoms with Gasteiger partial charge >= 0.3 is 0 Å². The Morgan fingerprint density at radius 1 is 1.03 bits per heavy atom. The van der Waals surface area contributed by atoms with E-state index in [-0.39, 0.29) is 11.3 Å². The highest BCUT2D eigenvalue weighted by Gasteiger charge is 2.38. The quantitative estimate of drug-likeness (QED) is 0.608. The van der Waals surface area contributed by atoms with E-state index < -0.39 is 0 Å². The molecule has 2 aromatic carbocycles. The molecule has 2 aromatic rings. The van der Waals surface area contributed by atoms with Gasteiger partial charge in [-0.25, -0.2) is 0 Å². The lowest BCUT2D eigenvalue weighted by atomic mass is 9.67. The van der Waals surface area contributed by atoms with Crippen molar-refractivity contribution in [3.8, 4) is 11.1 Å². The maximum atomic E-state index is 12.2. The first-order valence-electron chi connectivity index (χ1n) is 10.5. The van der Waals surface area contributed by atoms with Gasteiger partial charge in [-0.05, 0) is 52.5 Å². The molecule has 0 amide bonds. The van der Waals surface area contributed by atoms with Gasteiger partial charge in [0.1, 0.15) is 6.29 Å². The summed E-state index contributed by atoms with van der Waals surface area (Å²) < 4.78 is 0. The summed E-state index contributed by atoms with van der Waals surface area (Å²) in [7, 11) is 0. The second kappa shape index (κ2) is 7.51. The number of benzene rings is 2. The van der Waals surface area contributed by atoms with Gasteiger partial charge in [-0.2, -0.15) is 0 Å². The Labute approximate surface area is 174 Å². The first-order chi connectivity index (χ1) is 13.9. The Morgan fingerprint density at radius 3 is 2.31 bits per heavy atom. The number of dihydropyridines is 1. The molecule has 4 rings (SSSR count). The van der Waals surface area contributed by atoms with E-state index in [4.69, 9.17) is 0 Å². The van der Waals surface area contributed by atoms with E-state index >= 15 is 0 Å². The summed E-state index contributed by atoms with van der Waals surface area (Å²) >= 11 is 0. The van der Waals surface area contributed by atoms with Gasteiger partial charge in [-0.15, -0.1) is 0 Å². The molecule has 29 heavy (non-hydrogen) atoms. The number of nitrogens with one attached hydrogen (secondary N) is 1. The van der Waals surface area contributed by atoms with Crippen molar-refractivity contribution in [3.63, 3.8) is 0 Å². The maximum absolute atomic E-state index is 12.2. The smallest absolute Gasteiger partial charge is 0.148 e. The number of allylic oxidation sites excluding steroid dienone is 5. The van der Waals surface area contributed by atoms with Crippen LogP contribution in [0.15, 0.2) is 89.3 Å². The Morgan fingerprint density at radius 2 is 1.69 bits per heavy atom. The minimum Gasteiger partial charge on any atom is -0.362 e. The van der Waals surface area contributed by atoms with Crippen molar-refractivity contribution in [2.45, 2.75) is 46.0 Å². The van der Waals surface area contributed by atoms with E-state index in [1.54, 1.807) is 0 Å². The Balaban J connectivity index is 1.81. The summed E-state index contributed by atoms with van der Waals surface area (Å²) in [6.45, 7) is 11.1. The van der Waals surface area contributed by atoms with Crippen LogP contribution in [-0.2, 0) is 4.79 Å². The summed E-state index contributed by atoms with van der Waals surface area (Å²) in [6.07, 6.45) is 3.80. The largest absolute Gasteiger partial charge is 0.362 e. The van der Waals surface area contributed by atoms with Gasteiger partial charge in [0.05, 0.1) is 0 Å². The molecule has 1 aliphatic carbocycles. The van der Waals surface area contributed by atoms with Gasteiger partial charge < -0.3 is 5.32 Å². The summed E-state index contributed by atoms with van der Waals surface area (Å²) in [5.74, 6) is -0.0351. The van der Waals surface area contributed by atoms with Crippen LogP contribution in [0.1, 0.15) is 51.5 Å². The van der Waals surface area contributed by atoms with E-state index in [1.165, 1.54) is 22.4 Å². The van der Waals surface area contributed by atoms with Crippen LogP contribution in [0.3, 0.4) is 0 Å². The van der Waals surface area contributed by atoms with E-state index in [0.717, 1.165) is 48.0 Å². The first-order valence-corrected chi connectivity index (χ1v) is 10.5. The van der Waals surface area contributed by atoms with E-state index in [2.05, 4.69) is 81.2 Å². The Bertz CT molecular complexity index is 1010. The molecular formula is C27H29NO. The third kappa shape index (κ3) is 3.60. The number of aldehydes is 1. The molecule has 0 aromatic heterocycles. The number of rotatable bonds is 4. The Kier molecular flexibility index (Phi) is 5.04. The first kappa shape index (κ1) is 19.4. The van der Waals surface area contributed by atoms with Gasteiger partial charge in [0.2, 0.25) is 0 Å². The molecule has 1 aliphatic heterocycles. The third-order valence-electron chi connectivity index (χ3n) is 6.13. The molecule has 1 unspecified atom stereocenters. The summed E-state index contributed by atoms with van der Waals surface area (Å²) in [5.41, 5.74) is 9.23. The summed E-state index contributed by atoms with van der Waals surface area (Å²) in [5, 5.41) is 3.60. The average Bonchev–Trinajstić information content (AvgIpc) is 2.72. The highest BCUT2D eigenvalue weighted by Crippen LogP contribution is 2.50. The van der Waals surface area contributed by atoms with E-state index in [1.807, 2.05) is 6.07 Å². The maximum Gasteiger partial charge on any atom is 0.148 e. The lowest BCUT2D eigenvalue weighted by Gasteiger charge is -2.41. The van der Waals surface area contributed by atoms with E-state index in [9.17, 15) is 4.79 Å². The van der Waals surface area contributed by atoms with Gasteiger partial charge in [-0.1, -0.05) is 81.9 Å². The number of hydrogen-bond donors (Lipinski definition) is 1. The van der Waals surface area contributed by atoms with Crippen LogP contribution in [0.25, 0.3) is 11.1 Å². The van der Waals surface area contributed by atoms with Crippen LogP contribution < -0.4 is 5.32 Å². The molecule has 2 heteroatoms. The van der Waals surface area contributed by atoms with Crippen LogP contribution in [0, 0.1) is 5.41 Å². The molecule has 2 nitrogen and oxygen atoms in total. The number of carbonyl (C=O) groups is 1. The highest BCUT2D eigenvalue weighted by molar-refractivity contribution is 5.81. The van der Waals surface area contributed by atoms with Gasteiger partial charge in [-0.3, -0.25) is 4.79 Å². The molecule has 0 saturated heterocycles. The van der Waals surface area contributed by atoms with Crippen molar-refractivity contribution < 1.29 is 4.79 Å². The molecular weight excluding hydrogens is 354 g/mol. The van der Waals surface area contributed by atoms with Crippen molar-refractivity contribution in [1.82, 2.24) is 5.32 Å². The topological polar surface area (TPSA) is 29.1 Å². The molecule has 0 saturated carbocycles. The predicted molar refractivity (Wildman–Crippen MR) is 120 cm³/mol. The SMILES string of the molecule is C=C1CC(C)(C)CC2=C1C(c1ccc(-c3ccccc3)cc1)C(C=O)=C(CC)N2. The fourth-order valence-corrected chi connectivity index (χ4v) is 4.87. The molecule has 0 fully saturated rings. The molecule has 0 spiro atoms. The lowest BCUT2D eigenvalue weighted by Crippen LogP contribution is -2.34. The van der Waals surface area contributed by atoms with Crippen molar-refractivity contribution in [2.75, 3.05) is 0 Å². The zero-order valence-corrected chi connectivity index (χ0v) is 17.6. The molecule has 1 atom stereocenters. The summed E-state index contributed by atoms with van der Waals surface area (Å²) in [4.78, 5) is 12.2. The fraction of sp³-hybridized carbons (Fsp3) is 0.296. The van der Waals surface area contributed by atoms with Crippen LogP contribution in [-0.4, -0.2) is 6.29 Å². The van der Waals surface area contributed by atoms with Crippen LogP contribution >= 0.6 is 0 Å². The fourth-order valence-electron chi connectivity index (χ4n) is 4.87. The van der Waals surface area contributed by atoms with Crippen molar-refractivity contribution in [2.24, 2.45) is 5.41 Å². The van der Waals surface area contributed by atoms with Crippen LogP contribution in [0.4, 0.5) is 0 Å². The molecule has 148 valence electrons. The molecule has 1 N–H and O–H groups in total. The zero-order valence-electron chi connectivity index (χ0n) is 17.6. The van der Waals surface area contributed by atoms with Crippen LogP contribution in [0.2, 0.25) is 0 Å². The minimum absolute atomic E-state index is 0.0351. The molecule has 0 bridgehead atoms. The second-order valence-electron chi connectivity index (χ2n) is 8.96. The highest BCUT2D eigenvalue weighted by atomic mass is 16.1. The monoisotopic (exact) mass is 383 g/mol. The van der Waals surface area contributed by atoms with Crippen molar-refractivity contribution in [3.05, 3.63) is 94.9 Å². The number of carbonyl (C=O) groups excluding carboxylic acids is 1. The third-order valence-corrected chi connectivity index (χ3v) is 6.13. The molecule has 2 aliphatic rings. The van der Waals surface area contributed by atoms with Gasteiger partial charge in [0, 0.05) is 22.9 Å². The lowest BCUT2D eigenvalue weighted by molar-refractivity contribution is -0.105. The van der Waals surface area contributed by atoms with E-state index in [0.29, 0.717) is 0 Å². The van der Waals surface area contributed by atoms with Crippen LogP contribution in [0.5, 0.6) is 0 Å². The minimum atomic E-state index is -0.0351. The molecule has 0 radical (unpaired) electrons. The van der Waals surface area contributed by atoms with Crippen molar-refractivity contribution >= 4 is 6.29 Å². The predicted octanol–water partition coefficient (Wildman–Crippen LogP) is 6.53. The summed E-state index contributed by atoms with van der Waals surface area (Å²) in [6, 6.07) is 19.1. The molecule has 1 heterocycles. The van der Waals surface area contributed by atoms with Gasteiger partial charge in [0.25, 0.3) is 0 Å². The normalized spacial score (nSPS) is 20.9. The standard InChI is InChI=1S/C27H29NO/c1-5-23-22(17-29)26(25-18(2)15-27(3,4)16-24(25)28-23)21-13-11-20(12-14-21)19-9-7-6-8-10-19/h6-14,17,26,28H,2,5,15-16H2,1,3-4H3. The van der Waals surface area contributed by atoms with Crippen molar-refractivity contribution in [1.29, 1.82) is 0 Å². The second-order valence-corrected chi connectivity index (χ2v) is 8.96. The Hall–Kier alpha value is -2.87. The average molecular weight is 384 g/mol.